The molecule has 2 rings (SSSR count). The standard InChI is InChI=1S/C13H8BrClF2O/c14-9-3-8(4-11(17)5-9)7-18-13-2-1-10(16)6-12(13)15/h1-6H,7H2. The highest BCUT2D eigenvalue weighted by Gasteiger charge is 2.05. The minimum absolute atomic E-state index is 0.154. The summed E-state index contributed by atoms with van der Waals surface area (Å²) in [5, 5.41) is 0.186. The van der Waals surface area contributed by atoms with Gasteiger partial charge in [-0.05, 0) is 42.0 Å². The van der Waals surface area contributed by atoms with Gasteiger partial charge in [0.2, 0.25) is 0 Å². The first-order valence-electron chi connectivity index (χ1n) is 5.07. The van der Waals surface area contributed by atoms with Crippen LogP contribution in [0.2, 0.25) is 5.02 Å². The summed E-state index contributed by atoms with van der Waals surface area (Å²) >= 11 is 9.00. The van der Waals surface area contributed by atoms with Gasteiger partial charge in [-0.1, -0.05) is 27.5 Å². The molecule has 0 aliphatic rings. The summed E-state index contributed by atoms with van der Waals surface area (Å²) in [4.78, 5) is 0. The summed E-state index contributed by atoms with van der Waals surface area (Å²) in [7, 11) is 0. The van der Waals surface area contributed by atoms with E-state index in [1.165, 1.54) is 30.3 Å². The SMILES string of the molecule is Fc1cc(Br)cc(COc2ccc(F)cc2Cl)c1. The van der Waals surface area contributed by atoms with Crippen LogP contribution in [0.5, 0.6) is 5.75 Å². The first-order valence-corrected chi connectivity index (χ1v) is 6.24. The van der Waals surface area contributed by atoms with Gasteiger partial charge in [-0.2, -0.15) is 0 Å². The fourth-order valence-corrected chi connectivity index (χ4v) is 2.18. The molecule has 0 N–H and O–H groups in total. The molecule has 0 saturated heterocycles. The quantitative estimate of drug-likeness (QED) is 0.771. The Hall–Kier alpha value is -1.13. The third kappa shape index (κ3) is 3.43. The Balaban J connectivity index is 2.11. The Morgan fingerprint density at radius 1 is 1.06 bits per heavy atom. The van der Waals surface area contributed by atoms with Crippen LogP contribution in [-0.2, 0) is 6.61 Å². The Morgan fingerprint density at radius 2 is 1.83 bits per heavy atom. The first kappa shape index (κ1) is 13.3. The van der Waals surface area contributed by atoms with Crippen molar-refractivity contribution in [2.24, 2.45) is 0 Å². The van der Waals surface area contributed by atoms with Crippen LogP contribution in [0.4, 0.5) is 8.78 Å². The maximum Gasteiger partial charge on any atom is 0.138 e. The maximum absolute atomic E-state index is 13.1. The van der Waals surface area contributed by atoms with Gasteiger partial charge in [-0.3, -0.25) is 0 Å². The smallest absolute Gasteiger partial charge is 0.138 e. The molecule has 0 bridgehead atoms. The van der Waals surface area contributed by atoms with Crippen molar-refractivity contribution in [3.05, 3.63) is 63.1 Å². The van der Waals surface area contributed by atoms with Crippen molar-refractivity contribution in [1.29, 1.82) is 0 Å². The molecule has 94 valence electrons. The van der Waals surface area contributed by atoms with Crippen LogP contribution >= 0.6 is 27.5 Å². The van der Waals surface area contributed by atoms with E-state index in [2.05, 4.69) is 15.9 Å². The van der Waals surface area contributed by atoms with Gasteiger partial charge >= 0.3 is 0 Å². The fraction of sp³-hybridized carbons (Fsp3) is 0.0769. The van der Waals surface area contributed by atoms with E-state index in [4.69, 9.17) is 16.3 Å². The van der Waals surface area contributed by atoms with Crippen molar-refractivity contribution in [1.82, 2.24) is 0 Å². The molecule has 1 nitrogen and oxygen atoms in total. The van der Waals surface area contributed by atoms with Crippen molar-refractivity contribution < 1.29 is 13.5 Å². The molecule has 0 spiro atoms. The van der Waals surface area contributed by atoms with Crippen molar-refractivity contribution in [3.63, 3.8) is 0 Å². The molecular weight excluding hydrogens is 325 g/mol. The summed E-state index contributed by atoms with van der Waals surface area (Å²) in [6.07, 6.45) is 0. The van der Waals surface area contributed by atoms with Crippen LogP contribution < -0.4 is 4.74 Å². The highest BCUT2D eigenvalue weighted by atomic mass is 79.9. The molecule has 18 heavy (non-hydrogen) atoms. The Kier molecular flexibility index (Phi) is 4.19. The third-order valence-electron chi connectivity index (χ3n) is 2.21. The van der Waals surface area contributed by atoms with Crippen LogP contribution in [0.3, 0.4) is 0 Å². The lowest BCUT2D eigenvalue weighted by atomic mass is 10.2. The zero-order valence-electron chi connectivity index (χ0n) is 9.09. The van der Waals surface area contributed by atoms with Gasteiger partial charge in [0.05, 0.1) is 5.02 Å². The molecule has 0 atom stereocenters. The van der Waals surface area contributed by atoms with Crippen LogP contribution in [0.1, 0.15) is 5.56 Å². The summed E-state index contributed by atoms with van der Waals surface area (Å²) < 4.78 is 32.0. The average molecular weight is 334 g/mol. The minimum Gasteiger partial charge on any atom is -0.487 e. The zero-order chi connectivity index (χ0) is 13.1. The zero-order valence-corrected chi connectivity index (χ0v) is 11.4. The monoisotopic (exact) mass is 332 g/mol. The van der Waals surface area contributed by atoms with Gasteiger partial charge < -0.3 is 4.74 Å². The second-order valence-corrected chi connectivity index (χ2v) is 4.96. The van der Waals surface area contributed by atoms with Crippen molar-refractivity contribution >= 4 is 27.5 Å². The number of halogens is 4. The molecule has 0 unspecified atom stereocenters. The van der Waals surface area contributed by atoms with E-state index in [1.807, 2.05) is 0 Å². The second-order valence-electron chi connectivity index (χ2n) is 3.64. The van der Waals surface area contributed by atoms with Crippen molar-refractivity contribution in [2.45, 2.75) is 6.61 Å². The van der Waals surface area contributed by atoms with Gasteiger partial charge in [0.15, 0.2) is 0 Å². The number of hydrogen-bond acceptors (Lipinski definition) is 1. The average Bonchev–Trinajstić information content (AvgIpc) is 2.26. The molecular formula is C13H8BrClF2O. The predicted octanol–water partition coefficient (Wildman–Crippen LogP) is 4.96. The third-order valence-corrected chi connectivity index (χ3v) is 2.96. The lowest BCUT2D eigenvalue weighted by Crippen LogP contribution is -1.97. The van der Waals surface area contributed by atoms with Gasteiger partial charge in [0.1, 0.15) is 24.0 Å². The lowest BCUT2D eigenvalue weighted by molar-refractivity contribution is 0.305. The topological polar surface area (TPSA) is 9.23 Å². The molecule has 0 aliphatic heterocycles. The van der Waals surface area contributed by atoms with E-state index in [1.54, 1.807) is 6.07 Å². The largest absolute Gasteiger partial charge is 0.487 e. The molecule has 5 heteroatoms. The predicted molar refractivity (Wildman–Crippen MR) is 69.8 cm³/mol. The lowest BCUT2D eigenvalue weighted by Gasteiger charge is -2.08. The van der Waals surface area contributed by atoms with Gasteiger partial charge in [-0.15, -0.1) is 0 Å². The molecule has 0 saturated carbocycles. The van der Waals surface area contributed by atoms with Crippen molar-refractivity contribution in [3.8, 4) is 5.75 Å². The Bertz CT molecular complexity index is 555. The number of hydrogen-bond donors (Lipinski definition) is 0. The summed E-state index contributed by atoms with van der Waals surface area (Å²) in [6, 6.07) is 8.31. The summed E-state index contributed by atoms with van der Waals surface area (Å²) in [6.45, 7) is 0.154. The highest BCUT2D eigenvalue weighted by molar-refractivity contribution is 9.10. The molecule has 2 aromatic carbocycles. The van der Waals surface area contributed by atoms with E-state index in [0.29, 0.717) is 15.8 Å². The fourth-order valence-electron chi connectivity index (χ4n) is 1.45. The van der Waals surface area contributed by atoms with E-state index >= 15 is 0 Å². The van der Waals surface area contributed by atoms with Gasteiger partial charge in [0.25, 0.3) is 0 Å². The Morgan fingerprint density at radius 3 is 2.50 bits per heavy atom. The molecule has 0 fully saturated rings. The normalized spacial score (nSPS) is 10.4. The van der Waals surface area contributed by atoms with E-state index < -0.39 is 5.82 Å². The molecule has 0 aromatic heterocycles. The Labute approximate surface area is 116 Å². The van der Waals surface area contributed by atoms with Crippen molar-refractivity contribution in [2.75, 3.05) is 0 Å². The van der Waals surface area contributed by atoms with E-state index in [-0.39, 0.29) is 17.4 Å². The maximum atomic E-state index is 13.1. The summed E-state index contributed by atoms with van der Waals surface area (Å²) in [5.74, 6) is -0.424. The molecule has 0 amide bonds. The minimum atomic E-state index is -0.430. The number of rotatable bonds is 3. The highest BCUT2D eigenvalue weighted by Crippen LogP contribution is 2.26. The van der Waals surface area contributed by atoms with E-state index in [9.17, 15) is 8.78 Å². The van der Waals surface area contributed by atoms with Crippen LogP contribution in [0.15, 0.2) is 40.9 Å². The molecule has 0 heterocycles. The van der Waals surface area contributed by atoms with E-state index in [0.717, 1.165) is 0 Å². The number of benzene rings is 2. The van der Waals surface area contributed by atoms with Gasteiger partial charge in [0, 0.05) is 4.47 Å². The van der Waals surface area contributed by atoms with Crippen LogP contribution in [0, 0.1) is 11.6 Å². The van der Waals surface area contributed by atoms with Gasteiger partial charge in [-0.25, -0.2) is 8.78 Å². The number of ether oxygens (including phenoxy) is 1. The molecule has 0 radical (unpaired) electrons. The van der Waals surface area contributed by atoms with Crippen LogP contribution in [-0.4, -0.2) is 0 Å². The summed E-state index contributed by atoms with van der Waals surface area (Å²) in [5.41, 5.74) is 0.655. The molecule has 2 aromatic rings. The second kappa shape index (κ2) is 5.67. The first-order chi connectivity index (χ1) is 8.54. The van der Waals surface area contributed by atoms with Crippen LogP contribution in [0.25, 0.3) is 0 Å². The molecule has 0 aliphatic carbocycles.